The molecule has 0 radical (unpaired) electrons. The molecule has 0 amide bonds. The van der Waals surface area contributed by atoms with Gasteiger partial charge in [0.15, 0.2) is 0 Å². The second kappa shape index (κ2) is 16.6. The Morgan fingerprint density at radius 1 is 0.371 bits per heavy atom. The highest BCUT2D eigenvalue weighted by Gasteiger charge is 2.46. The number of hydrogen-bond acceptors (Lipinski definition) is 1. The Morgan fingerprint density at radius 3 is 1.30 bits per heavy atom. The van der Waals surface area contributed by atoms with Crippen LogP contribution in [0.3, 0.4) is 0 Å². The molecule has 0 bridgehead atoms. The van der Waals surface area contributed by atoms with E-state index in [2.05, 4.69) is 254 Å². The van der Waals surface area contributed by atoms with Crippen molar-refractivity contribution in [2.24, 2.45) is 0 Å². The third-order valence-electron chi connectivity index (χ3n) is 14.8. The van der Waals surface area contributed by atoms with E-state index < -0.39 is 5.41 Å². The van der Waals surface area contributed by atoms with Crippen molar-refractivity contribution in [3.63, 3.8) is 0 Å². The van der Waals surface area contributed by atoms with Crippen molar-refractivity contribution < 1.29 is 0 Å². The lowest BCUT2D eigenvalue weighted by Gasteiger charge is -2.34. The molecule has 328 valence electrons. The van der Waals surface area contributed by atoms with Crippen LogP contribution in [0.5, 0.6) is 0 Å². The Hall–Kier alpha value is -9.11. The van der Waals surface area contributed by atoms with Crippen LogP contribution in [-0.2, 0) is 5.41 Å². The molecule has 0 saturated heterocycles. The van der Waals surface area contributed by atoms with Crippen molar-refractivity contribution in [2.75, 3.05) is 0 Å². The van der Waals surface area contributed by atoms with E-state index in [1.807, 2.05) is 12.1 Å². The van der Waals surface area contributed by atoms with Crippen molar-refractivity contribution in [1.82, 2.24) is 4.57 Å². The van der Waals surface area contributed by atoms with E-state index in [9.17, 15) is 0 Å². The summed E-state index contributed by atoms with van der Waals surface area (Å²) in [4.78, 5) is 0. The maximum atomic E-state index is 8.60. The summed E-state index contributed by atoms with van der Waals surface area (Å²) in [5, 5.41) is 14.6. The normalized spacial score (nSPS) is 12.5. The van der Waals surface area contributed by atoms with Gasteiger partial charge in [0.2, 0.25) is 0 Å². The van der Waals surface area contributed by atoms with E-state index in [1.54, 1.807) is 0 Å². The minimum absolute atomic E-state index is 0.626. The molecule has 0 spiro atoms. The molecule has 2 heteroatoms. The Balaban J connectivity index is 1.04. The van der Waals surface area contributed by atoms with Crippen LogP contribution in [-0.4, -0.2) is 10.8 Å². The van der Waals surface area contributed by atoms with E-state index in [1.165, 1.54) is 94.5 Å². The van der Waals surface area contributed by atoms with Gasteiger partial charge in [-0.1, -0.05) is 213 Å². The number of rotatable bonds is 9. The first-order valence-corrected chi connectivity index (χ1v) is 24.0. The quantitative estimate of drug-likeness (QED) is 0.111. The van der Waals surface area contributed by atoms with Gasteiger partial charge >= 0.3 is 0 Å². The number of para-hydroxylation sites is 1. The molecule has 1 heterocycles. The molecule has 1 aliphatic rings. The Kier molecular flexibility index (Phi) is 9.74. The highest BCUT2D eigenvalue weighted by molar-refractivity contribution is 6.22. The number of aromatic nitrogens is 1. The summed E-state index contributed by atoms with van der Waals surface area (Å²) in [6, 6.07) is 91.1. The van der Waals surface area contributed by atoms with Crippen LogP contribution in [0, 0.1) is 5.41 Å². The van der Waals surface area contributed by atoms with Crippen molar-refractivity contribution >= 4 is 44.7 Å². The summed E-state index contributed by atoms with van der Waals surface area (Å²) < 4.78 is 2.21. The largest absolute Gasteiger partial charge is 0.309 e. The number of fused-ring (bicyclic) bond motifs is 6. The van der Waals surface area contributed by atoms with Gasteiger partial charge in [0.1, 0.15) is 0 Å². The average molecular weight is 891 g/mol. The zero-order valence-corrected chi connectivity index (χ0v) is 38.5. The monoisotopic (exact) mass is 890 g/mol. The molecule has 13 rings (SSSR count). The topological polar surface area (TPSA) is 28.8 Å². The van der Waals surface area contributed by atoms with E-state index in [4.69, 9.17) is 5.41 Å². The minimum atomic E-state index is -0.626. The molecule has 1 aromatic heterocycles. The highest BCUT2D eigenvalue weighted by atomic mass is 15.0. The van der Waals surface area contributed by atoms with Gasteiger partial charge in [-0.3, -0.25) is 0 Å². The summed E-state index contributed by atoms with van der Waals surface area (Å²) in [6.45, 7) is 4.19. The van der Waals surface area contributed by atoms with Gasteiger partial charge in [-0.2, -0.15) is 0 Å². The fourth-order valence-corrected chi connectivity index (χ4v) is 11.8. The second-order valence-electron chi connectivity index (χ2n) is 18.3. The van der Waals surface area contributed by atoms with Crippen LogP contribution in [0.15, 0.2) is 255 Å². The summed E-state index contributed by atoms with van der Waals surface area (Å²) in [5.41, 5.74) is 20.1. The summed E-state index contributed by atoms with van der Waals surface area (Å²) in [5.74, 6) is 0. The molecular weight excluding hydrogens is 845 g/mol. The molecular formula is C68H46N2. The molecule has 0 unspecified atom stereocenters. The predicted octanol–water partition coefficient (Wildman–Crippen LogP) is 17.6. The first-order valence-electron chi connectivity index (χ1n) is 24.0. The average Bonchev–Trinajstić information content (AvgIpc) is 3.92. The van der Waals surface area contributed by atoms with Crippen molar-refractivity contribution in [1.29, 1.82) is 5.41 Å². The lowest BCUT2D eigenvalue weighted by atomic mass is 9.67. The van der Waals surface area contributed by atoms with E-state index >= 15 is 0 Å². The summed E-state index contributed by atoms with van der Waals surface area (Å²) in [6.07, 6.45) is 3.34. The summed E-state index contributed by atoms with van der Waals surface area (Å²) >= 11 is 0. The maximum Gasteiger partial charge on any atom is 0.0713 e. The molecule has 0 fully saturated rings. The maximum absolute atomic E-state index is 8.60. The van der Waals surface area contributed by atoms with Crippen molar-refractivity contribution in [3.05, 3.63) is 289 Å². The minimum Gasteiger partial charge on any atom is -0.309 e. The fraction of sp³-hybridized carbons (Fsp3) is 0.0147. The van der Waals surface area contributed by atoms with Crippen LogP contribution in [0.25, 0.3) is 99.8 Å². The number of hydrogen-bond donors (Lipinski definition) is 1. The van der Waals surface area contributed by atoms with Gasteiger partial charge in [-0.15, -0.1) is 0 Å². The van der Waals surface area contributed by atoms with Gasteiger partial charge in [-0.25, -0.2) is 0 Å². The molecule has 70 heavy (non-hydrogen) atoms. The first kappa shape index (κ1) is 41.1. The van der Waals surface area contributed by atoms with Gasteiger partial charge in [0.05, 0.1) is 16.6 Å². The molecule has 1 N–H and O–H groups in total. The van der Waals surface area contributed by atoms with Gasteiger partial charge in [-0.05, 0) is 148 Å². The molecule has 11 aromatic carbocycles. The molecule has 2 nitrogen and oxygen atoms in total. The summed E-state index contributed by atoms with van der Waals surface area (Å²) in [7, 11) is 0. The van der Waals surface area contributed by atoms with Gasteiger partial charge in [0.25, 0.3) is 0 Å². The number of nitrogens with zero attached hydrogens (tertiary/aromatic N) is 1. The van der Waals surface area contributed by atoms with Crippen molar-refractivity contribution in [3.8, 4) is 61.3 Å². The first-order chi connectivity index (χ1) is 34.6. The molecule has 12 aromatic rings. The number of nitrogens with one attached hydrogen (secondary N) is 1. The predicted molar refractivity (Wildman–Crippen MR) is 295 cm³/mol. The highest BCUT2D eigenvalue weighted by Crippen LogP contribution is 2.58. The second-order valence-corrected chi connectivity index (χ2v) is 18.3. The van der Waals surface area contributed by atoms with Crippen LogP contribution < -0.4 is 0 Å². The molecule has 1 aliphatic carbocycles. The SMILES string of the molecule is C=Cc1c(C=N)c2cc(-c3ccc4c(c3)C(c3ccccc3)(c3ccccc3)c3cc(-c5ccc6c(-c7ccccc7)c7ccccc7c(-c7ccccc7)c6c5)ccc3-4)ccc2n1-c1ccccc1. The third kappa shape index (κ3) is 6.24. The van der Waals surface area contributed by atoms with Crippen LogP contribution in [0.2, 0.25) is 0 Å². The lowest BCUT2D eigenvalue weighted by Crippen LogP contribution is -2.28. The fourth-order valence-electron chi connectivity index (χ4n) is 11.8. The van der Waals surface area contributed by atoms with Gasteiger partial charge in [0, 0.05) is 22.9 Å². The van der Waals surface area contributed by atoms with Crippen LogP contribution in [0.4, 0.5) is 0 Å². The zero-order valence-electron chi connectivity index (χ0n) is 38.5. The zero-order chi connectivity index (χ0) is 46.8. The smallest absolute Gasteiger partial charge is 0.0713 e. The molecule has 0 saturated carbocycles. The number of benzene rings is 11. The van der Waals surface area contributed by atoms with Crippen LogP contribution >= 0.6 is 0 Å². The Bertz CT molecular complexity index is 3960. The standard InChI is InChI=1S/C68H46N2/c1-2-64-61(44-69)59-40-48(35-39-65(59)70(64)53-28-16-7-17-29-53)50-33-37-55-54-36-32-49(42-62(54)68(63(55)43-50,51-24-12-5-13-25-51)52-26-14-6-15-27-52)47-34-38-58-60(41-47)67(46-22-10-4-11-23-46)57-31-19-18-30-56(57)66(58)45-20-8-3-9-21-45/h2-44,69H,1H2. The third-order valence-corrected chi connectivity index (χ3v) is 14.8. The van der Waals surface area contributed by atoms with Gasteiger partial charge < -0.3 is 9.98 Å². The Morgan fingerprint density at radius 2 is 0.786 bits per heavy atom. The van der Waals surface area contributed by atoms with Crippen molar-refractivity contribution in [2.45, 2.75) is 5.41 Å². The molecule has 0 atom stereocenters. The Labute approximate surface area is 408 Å². The van der Waals surface area contributed by atoms with E-state index in [-0.39, 0.29) is 0 Å². The molecule has 0 aliphatic heterocycles. The lowest BCUT2D eigenvalue weighted by molar-refractivity contribution is 0.769. The van der Waals surface area contributed by atoms with E-state index in [0.717, 1.165) is 39.0 Å². The van der Waals surface area contributed by atoms with E-state index in [0.29, 0.717) is 0 Å². The van der Waals surface area contributed by atoms with Crippen LogP contribution in [0.1, 0.15) is 33.5 Å².